The summed E-state index contributed by atoms with van der Waals surface area (Å²) >= 11 is 6.14. The second kappa shape index (κ2) is 10.0. The van der Waals surface area contributed by atoms with Crippen LogP contribution < -0.4 is 4.74 Å². The number of benzene rings is 3. The van der Waals surface area contributed by atoms with Crippen LogP contribution in [0.25, 0.3) is 11.1 Å². The van der Waals surface area contributed by atoms with E-state index in [1.54, 1.807) is 24.3 Å². The molecule has 0 aliphatic carbocycles. The van der Waals surface area contributed by atoms with Crippen LogP contribution in [0.3, 0.4) is 0 Å². The molecule has 4 nitrogen and oxygen atoms in total. The van der Waals surface area contributed by atoms with Gasteiger partial charge < -0.3 is 20.1 Å². The van der Waals surface area contributed by atoms with Crippen molar-refractivity contribution in [1.82, 2.24) is 0 Å². The smallest absolute Gasteiger partial charge is 0.119 e. The van der Waals surface area contributed by atoms with Gasteiger partial charge in [-0.2, -0.15) is 0 Å². The average molecular weight is 411 g/mol. The topological polar surface area (TPSA) is 69.9 Å². The molecule has 5 heteroatoms. The van der Waals surface area contributed by atoms with Gasteiger partial charge in [0, 0.05) is 5.88 Å². The Morgan fingerprint density at radius 1 is 0.724 bits per heavy atom. The largest absolute Gasteiger partial charge is 0.508 e. The van der Waals surface area contributed by atoms with Crippen LogP contribution in [-0.2, 0) is 0 Å². The zero-order valence-corrected chi connectivity index (χ0v) is 16.6. The monoisotopic (exact) mass is 410 g/mol. The molecule has 0 heterocycles. The Kier molecular flexibility index (Phi) is 7.17. The van der Waals surface area contributed by atoms with E-state index >= 15 is 0 Å². The molecule has 150 valence electrons. The van der Waals surface area contributed by atoms with Crippen molar-refractivity contribution in [2.24, 2.45) is 0 Å². The van der Waals surface area contributed by atoms with Gasteiger partial charge in [-0.1, -0.05) is 36.4 Å². The first-order chi connectivity index (χ1) is 14.1. The molecule has 0 aliphatic heterocycles. The van der Waals surface area contributed by atoms with Crippen LogP contribution in [0, 0.1) is 0 Å². The van der Waals surface area contributed by atoms with Crippen LogP contribution in [0.2, 0.25) is 0 Å². The van der Waals surface area contributed by atoms with Crippen molar-refractivity contribution in [3.8, 4) is 17.2 Å². The molecule has 0 atom stereocenters. The molecular formula is C24H23ClO4. The fourth-order valence-corrected chi connectivity index (χ4v) is 3.38. The van der Waals surface area contributed by atoms with Crippen molar-refractivity contribution in [3.05, 3.63) is 89.5 Å². The van der Waals surface area contributed by atoms with Gasteiger partial charge in [0.05, 0.1) is 6.61 Å². The number of ether oxygens (including phenoxy) is 1. The van der Waals surface area contributed by atoms with Gasteiger partial charge in [0.25, 0.3) is 0 Å². The summed E-state index contributed by atoms with van der Waals surface area (Å²) in [7, 11) is 0. The number of phenolic OH excluding ortho intramolecular Hbond substituents is 2. The fourth-order valence-electron chi connectivity index (χ4n) is 3.20. The molecule has 3 aromatic carbocycles. The molecular weight excluding hydrogens is 388 g/mol. The van der Waals surface area contributed by atoms with Gasteiger partial charge in [0.15, 0.2) is 0 Å². The van der Waals surface area contributed by atoms with E-state index < -0.39 is 0 Å². The second-order valence-corrected chi connectivity index (χ2v) is 6.86. The number of aromatic hydroxyl groups is 2. The Balaban J connectivity index is 2.16. The lowest BCUT2D eigenvalue weighted by Gasteiger charge is -2.17. The minimum absolute atomic E-state index is 0.0405. The lowest BCUT2D eigenvalue weighted by Crippen LogP contribution is -2.01. The van der Waals surface area contributed by atoms with Crippen LogP contribution in [-0.4, -0.2) is 34.4 Å². The molecule has 0 bridgehead atoms. The summed E-state index contributed by atoms with van der Waals surface area (Å²) in [6.45, 7) is 0.201. The van der Waals surface area contributed by atoms with E-state index in [2.05, 4.69) is 0 Å². The van der Waals surface area contributed by atoms with Gasteiger partial charge in [-0.15, -0.1) is 11.6 Å². The fraction of sp³-hybridized carbons (Fsp3) is 0.167. The highest BCUT2D eigenvalue weighted by Gasteiger charge is 2.14. The minimum Gasteiger partial charge on any atom is -0.508 e. The number of aliphatic hydroxyl groups excluding tert-OH is 1. The molecule has 0 saturated carbocycles. The predicted molar refractivity (Wildman–Crippen MR) is 116 cm³/mol. The molecule has 0 saturated heterocycles. The standard InChI is InChI=1S/C24H23ClO4/c25-14-13-23(17-1-7-20(27)8-2-17)24(18-3-9-21(28)10-4-18)19-5-11-22(12-6-19)29-16-15-26/h1-12,26-28H,13-16H2/b24-23+. The Labute approximate surface area is 175 Å². The third-order valence-corrected chi connectivity index (χ3v) is 4.71. The summed E-state index contributed by atoms with van der Waals surface area (Å²) in [6, 6.07) is 21.8. The van der Waals surface area contributed by atoms with E-state index in [0.29, 0.717) is 18.1 Å². The number of aliphatic hydroxyl groups is 1. The Hall–Kier alpha value is -2.95. The van der Waals surface area contributed by atoms with Crippen LogP contribution in [0.4, 0.5) is 0 Å². The van der Waals surface area contributed by atoms with E-state index in [1.807, 2.05) is 48.5 Å². The number of rotatable bonds is 8. The minimum atomic E-state index is -0.0405. The summed E-state index contributed by atoms with van der Waals surface area (Å²) in [4.78, 5) is 0. The van der Waals surface area contributed by atoms with Gasteiger partial charge in [-0.25, -0.2) is 0 Å². The van der Waals surface area contributed by atoms with Crippen molar-refractivity contribution in [3.63, 3.8) is 0 Å². The van der Waals surface area contributed by atoms with Crippen molar-refractivity contribution in [2.45, 2.75) is 6.42 Å². The molecule has 0 unspecified atom stereocenters. The van der Waals surface area contributed by atoms with Crippen molar-refractivity contribution in [1.29, 1.82) is 0 Å². The Morgan fingerprint density at radius 3 is 1.69 bits per heavy atom. The number of hydrogen-bond donors (Lipinski definition) is 3. The summed E-state index contributed by atoms with van der Waals surface area (Å²) in [5.74, 6) is 1.52. The third-order valence-electron chi connectivity index (χ3n) is 4.52. The normalized spacial score (nSPS) is 11.8. The SMILES string of the molecule is OCCOc1ccc(/C(=C(\CCCl)c2ccc(O)cc2)c2ccc(O)cc2)cc1. The van der Waals surface area contributed by atoms with Gasteiger partial charge in [-0.3, -0.25) is 0 Å². The average Bonchev–Trinajstić information content (AvgIpc) is 2.74. The zero-order chi connectivity index (χ0) is 20.6. The van der Waals surface area contributed by atoms with Crippen molar-refractivity contribution in [2.75, 3.05) is 19.1 Å². The van der Waals surface area contributed by atoms with Crippen LogP contribution in [0.15, 0.2) is 72.8 Å². The highest BCUT2D eigenvalue weighted by atomic mass is 35.5. The lowest BCUT2D eigenvalue weighted by molar-refractivity contribution is 0.201. The van der Waals surface area contributed by atoms with Gasteiger partial charge in [0.2, 0.25) is 0 Å². The molecule has 0 fully saturated rings. The van der Waals surface area contributed by atoms with E-state index in [1.165, 1.54) is 0 Å². The molecule has 0 amide bonds. The van der Waals surface area contributed by atoms with E-state index in [-0.39, 0.29) is 24.7 Å². The number of allylic oxidation sites excluding steroid dienone is 1. The highest BCUT2D eigenvalue weighted by molar-refractivity contribution is 6.18. The molecule has 0 radical (unpaired) electrons. The molecule has 0 aromatic heterocycles. The molecule has 3 N–H and O–H groups in total. The summed E-state index contributed by atoms with van der Waals surface area (Å²) in [5.41, 5.74) is 4.91. The van der Waals surface area contributed by atoms with Gasteiger partial charge >= 0.3 is 0 Å². The second-order valence-electron chi connectivity index (χ2n) is 6.48. The van der Waals surface area contributed by atoms with Crippen LogP contribution in [0.1, 0.15) is 23.1 Å². The maximum Gasteiger partial charge on any atom is 0.119 e. The summed E-state index contributed by atoms with van der Waals surface area (Å²) < 4.78 is 5.47. The quantitative estimate of drug-likeness (QED) is 0.358. The Bertz CT molecular complexity index is 946. The Morgan fingerprint density at radius 2 is 1.21 bits per heavy atom. The molecule has 29 heavy (non-hydrogen) atoms. The van der Waals surface area contributed by atoms with Crippen LogP contribution >= 0.6 is 11.6 Å². The van der Waals surface area contributed by atoms with Crippen molar-refractivity contribution >= 4 is 22.7 Å². The van der Waals surface area contributed by atoms with E-state index in [0.717, 1.165) is 27.8 Å². The van der Waals surface area contributed by atoms with Gasteiger partial charge in [0.1, 0.15) is 23.9 Å². The van der Waals surface area contributed by atoms with Crippen molar-refractivity contribution < 1.29 is 20.1 Å². The first kappa shape index (κ1) is 20.8. The summed E-state index contributed by atoms with van der Waals surface area (Å²) in [5, 5.41) is 28.3. The molecule has 0 aliphatic rings. The molecule has 3 rings (SSSR count). The predicted octanol–water partition coefficient (Wildman–Crippen LogP) is 5.06. The number of hydrogen-bond acceptors (Lipinski definition) is 4. The van der Waals surface area contributed by atoms with E-state index in [9.17, 15) is 10.2 Å². The maximum atomic E-state index is 9.72. The first-order valence-electron chi connectivity index (χ1n) is 9.34. The zero-order valence-electron chi connectivity index (χ0n) is 15.9. The number of phenols is 2. The lowest BCUT2D eigenvalue weighted by atomic mass is 9.88. The number of alkyl halides is 1. The van der Waals surface area contributed by atoms with Crippen LogP contribution in [0.5, 0.6) is 17.2 Å². The first-order valence-corrected chi connectivity index (χ1v) is 9.88. The molecule has 0 spiro atoms. The highest BCUT2D eigenvalue weighted by Crippen LogP contribution is 2.36. The maximum absolute atomic E-state index is 9.72. The van der Waals surface area contributed by atoms with E-state index in [4.69, 9.17) is 21.4 Å². The van der Waals surface area contributed by atoms with Gasteiger partial charge in [-0.05, 0) is 70.7 Å². The summed E-state index contributed by atoms with van der Waals surface area (Å²) in [6.07, 6.45) is 0.630. The number of halogens is 1. The third kappa shape index (κ3) is 5.31. The molecule has 3 aromatic rings.